The van der Waals surface area contributed by atoms with Crippen LogP contribution in [0.1, 0.15) is 17.7 Å². The molecule has 1 unspecified atom stereocenters. The van der Waals surface area contributed by atoms with Gasteiger partial charge in [-0.05, 0) is 69.3 Å². The lowest BCUT2D eigenvalue weighted by Crippen LogP contribution is -2.36. The highest BCUT2D eigenvalue weighted by molar-refractivity contribution is 5.84. The van der Waals surface area contributed by atoms with Gasteiger partial charge in [0.2, 0.25) is 0 Å². The van der Waals surface area contributed by atoms with E-state index in [2.05, 4.69) is 70.6 Å². The second-order valence-corrected chi connectivity index (χ2v) is 8.31. The number of likely N-dealkylation sites (N-methyl/N-ethyl adjacent to an activating group) is 1. The summed E-state index contributed by atoms with van der Waals surface area (Å²) in [6, 6.07) is 13.5. The van der Waals surface area contributed by atoms with E-state index in [9.17, 15) is 0 Å². The van der Waals surface area contributed by atoms with Gasteiger partial charge in [-0.1, -0.05) is 6.07 Å². The van der Waals surface area contributed by atoms with E-state index in [4.69, 9.17) is 9.72 Å². The predicted molar refractivity (Wildman–Crippen MR) is 118 cm³/mol. The van der Waals surface area contributed by atoms with Crippen molar-refractivity contribution in [1.29, 1.82) is 0 Å². The fraction of sp³-hybridized carbons (Fsp3) is 0.435. The molecule has 0 radical (unpaired) electrons. The highest BCUT2D eigenvalue weighted by Gasteiger charge is 2.24. The van der Waals surface area contributed by atoms with Crippen molar-refractivity contribution in [3.8, 4) is 0 Å². The van der Waals surface area contributed by atoms with Crippen LogP contribution in [0.2, 0.25) is 0 Å². The summed E-state index contributed by atoms with van der Waals surface area (Å²) in [4.78, 5) is 13.2. The zero-order valence-electron chi connectivity index (χ0n) is 17.2. The number of fused-ring (bicyclic) bond motifs is 3. The summed E-state index contributed by atoms with van der Waals surface area (Å²) in [6.07, 6.45) is 3.39. The van der Waals surface area contributed by atoms with Crippen LogP contribution in [0.3, 0.4) is 0 Å². The lowest BCUT2D eigenvalue weighted by molar-refractivity contribution is 0.122. The molecule has 152 valence electrons. The van der Waals surface area contributed by atoms with E-state index in [0.29, 0.717) is 6.04 Å². The average Bonchev–Trinajstić information content (AvgIpc) is 3.11. The Bertz CT molecular complexity index is 1010. The minimum absolute atomic E-state index is 0.613. The summed E-state index contributed by atoms with van der Waals surface area (Å²) < 4.78 is 5.47. The maximum absolute atomic E-state index is 5.47. The number of nitrogens with one attached hydrogen (secondary N) is 2. The Morgan fingerprint density at radius 1 is 1.17 bits per heavy atom. The Morgan fingerprint density at radius 2 is 2.03 bits per heavy atom. The molecule has 1 fully saturated rings. The third kappa shape index (κ3) is 3.70. The van der Waals surface area contributed by atoms with Crippen LogP contribution in [0.25, 0.3) is 11.0 Å². The summed E-state index contributed by atoms with van der Waals surface area (Å²) in [7, 11) is 4.35. The molecule has 2 aliphatic rings. The maximum Gasteiger partial charge on any atom is 0.140 e. The largest absolute Gasteiger partial charge is 0.378 e. The fourth-order valence-electron chi connectivity index (χ4n) is 4.53. The Balaban J connectivity index is 1.38. The summed E-state index contributed by atoms with van der Waals surface area (Å²) in [5, 5.41) is 4.75. The Morgan fingerprint density at radius 3 is 2.86 bits per heavy atom. The van der Waals surface area contributed by atoms with E-state index in [0.717, 1.165) is 56.3 Å². The van der Waals surface area contributed by atoms with Gasteiger partial charge in [0.1, 0.15) is 11.5 Å². The second-order valence-electron chi connectivity index (χ2n) is 8.31. The first-order chi connectivity index (χ1) is 14.2. The number of H-pyrrole nitrogens is 1. The van der Waals surface area contributed by atoms with Crippen molar-refractivity contribution in [2.24, 2.45) is 0 Å². The number of hydrogen-bond donors (Lipinski definition) is 2. The van der Waals surface area contributed by atoms with Gasteiger partial charge in [0.15, 0.2) is 0 Å². The molecule has 0 saturated carbocycles. The molecule has 1 aliphatic heterocycles. The molecule has 29 heavy (non-hydrogen) atoms. The van der Waals surface area contributed by atoms with Gasteiger partial charge >= 0.3 is 0 Å². The molecule has 1 aliphatic carbocycles. The van der Waals surface area contributed by atoms with E-state index in [1.165, 1.54) is 28.8 Å². The molecule has 0 bridgehead atoms. The van der Waals surface area contributed by atoms with Gasteiger partial charge in [-0.2, -0.15) is 0 Å². The van der Waals surface area contributed by atoms with Crippen LogP contribution in [0.15, 0.2) is 36.4 Å². The van der Waals surface area contributed by atoms with E-state index in [1.807, 2.05) is 0 Å². The number of pyridine rings is 1. The number of aryl methyl sites for hydroxylation is 1. The zero-order valence-corrected chi connectivity index (χ0v) is 17.2. The number of nitrogens with zero attached hydrogens (tertiary/aromatic N) is 3. The van der Waals surface area contributed by atoms with Crippen LogP contribution in [-0.4, -0.2) is 61.3 Å². The van der Waals surface area contributed by atoms with Crippen molar-refractivity contribution in [2.75, 3.05) is 50.6 Å². The normalized spacial score (nSPS) is 19.6. The maximum atomic E-state index is 5.47. The third-order valence-electron chi connectivity index (χ3n) is 6.25. The minimum Gasteiger partial charge on any atom is -0.378 e. The topological polar surface area (TPSA) is 56.4 Å². The number of ether oxygens (including phenoxy) is 1. The van der Waals surface area contributed by atoms with Gasteiger partial charge in [-0.3, -0.25) is 0 Å². The van der Waals surface area contributed by atoms with Gasteiger partial charge in [-0.15, -0.1) is 0 Å². The van der Waals surface area contributed by atoms with E-state index in [1.54, 1.807) is 0 Å². The number of anilines is 3. The zero-order chi connectivity index (χ0) is 19.8. The highest BCUT2D eigenvalue weighted by atomic mass is 16.5. The second kappa shape index (κ2) is 7.69. The van der Waals surface area contributed by atoms with Crippen molar-refractivity contribution < 1.29 is 4.74 Å². The molecule has 2 aromatic heterocycles. The quantitative estimate of drug-likeness (QED) is 0.712. The number of hydrogen-bond acceptors (Lipinski definition) is 5. The molecule has 1 saturated heterocycles. The average molecular weight is 392 g/mol. The third-order valence-corrected chi connectivity index (χ3v) is 6.25. The van der Waals surface area contributed by atoms with Crippen molar-refractivity contribution in [3.05, 3.63) is 47.7 Å². The molecule has 1 aromatic carbocycles. The standard InChI is InChI=1S/C23H29N5O/c1-27(2)17-6-8-21-20(15-17)19-7-9-22(26-23(19)25-21)24-16-4-3-5-18(14-16)28-10-12-29-13-11-28/h3-5,7,9,14,17H,6,8,10-13,15H2,1-2H3,(H2,24,25,26). The van der Waals surface area contributed by atoms with Crippen molar-refractivity contribution in [1.82, 2.24) is 14.9 Å². The predicted octanol–water partition coefficient (Wildman–Crippen LogP) is 3.56. The van der Waals surface area contributed by atoms with Crippen LogP contribution in [0, 0.1) is 0 Å². The Hall–Kier alpha value is -2.57. The molecule has 6 heteroatoms. The first-order valence-electron chi connectivity index (χ1n) is 10.5. The number of rotatable bonds is 4. The summed E-state index contributed by atoms with van der Waals surface area (Å²) in [6.45, 7) is 3.47. The SMILES string of the molecule is CN(C)C1CCc2[nH]c3nc(Nc4cccc(N5CCOCC5)c4)ccc3c2C1. The lowest BCUT2D eigenvalue weighted by Gasteiger charge is -2.29. The van der Waals surface area contributed by atoms with Crippen LogP contribution in [0.4, 0.5) is 17.2 Å². The molecule has 1 atom stereocenters. The first-order valence-corrected chi connectivity index (χ1v) is 10.5. The van der Waals surface area contributed by atoms with Crippen molar-refractivity contribution in [2.45, 2.75) is 25.3 Å². The summed E-state index contributed by atoms with van der Waals surface area (Å²) in [5.74, 6) is 0.874. The van der Waals surface area contributed by atoms with Gasteiger partial charge < -0.3 is 24.8 Å². The fourth-order valence-corrected chi connectivity index (χ4v) is 4.53. The van der Waals surface area contributed by atoms with Crippen LogP contribution < -0.4 is 10.2 Å². The Labute approximate surface area is 171 Å². The Kier molecular flexibility index (Phi) is 4.89. The van der Waals surface area contributed by atoms with Gasteiger partial charge in [-0.25, -0.2) is 4.98 Å². The number of aromatic nitrogens is 2. The smallest absolute Gasteiger partial charge is 0.140 e. The van der Waals surface area contributed by atoms with E-state index >= 15 is 0 Å². The number of benzene rings is 1. The van der Waals surface area contributed by atoms with Gasteiger partial charge in [0.25, 0.3) is 0 Å². The molecular formula is C23H29N5O. The molecule has 0 spiro atoms. The first kappa shape index (κ1) is 18.5. The van der Waals surface area contributed by atoms with E-state index in [-0.39, 0.29) is 0 Å². The molecule has 3 heterocycles. The summed E-state index contributed by atoms with van der Waals surface area (Å²) in [5.41, 5.74) is 6.08. The summed E-state index contributed by atoms with van der Waals surface area (Å²) >= 11 is 0. The van der Waals surface area contributed by atoms with Gasteiger partial charge in [0, 0.05) is 41.6 Å². The van der Waals surface area contributed by atoms with Crippen LogP contribution in [-0.2, 0) is 17.6 Å². The molecular weight excluding hydrogens is 362 g/mol. The lowest BCUT2D eigenvalue weighted by atomic mass is 9.91. The van der Waals surface area contributed by atoms with Gasteiger partial charge in [0.05, 0.1) is 13.2 Å². The van der Waals surface area contributed by atoms with Crippen molar-refractivity contribution in [3.63, 3.8) is 0 Å². The molecule has 2 N–H and O–H groups in total. The number of aromatic amines is 1. The molecule has 5 rings (SSSR count). The van der Waals surface area contributed by atoms with Crippen LogP contribution >= 0.6 is 0 Å². The van der Waals surface area contributed by atoms with E-state index < -0.39 is 0 Å². The highest BCUT2D eigenvalue weighted by Crippen LogP contribution is 2.31. The van der Waals surface area contributed by atoms with Crippen molar-refractivity contribution >= 4 is 28.2 Å². The molecule has 6 nitrogen and oxygen atoms in total. The molecule has 0 amide bonds. The number of morpholine rings is 1. The van der Waals surface area contributed by atoms with Crippen LogP contribution in [0.5, 0.6) is 0 Å². The monoisotopic (exact) mass is 391 g/mol. The minimum atomic E-state index is 0.613. The molecule has 3 aromatic rings.